The molecule has 1 atom stereocenters. The van der Waals surface area contributed by atoms with Gasteiger partial charge in [-0.05, 0) is 31.4 Å². The van der Waals surface area contributed by atoms with Crippen LogP contribution in [0.1, 0.15) is 37.4 Å². The summed E-state index contributed by atoms with van der Waals surface area (Å²) in [5, 5.41) is 8.73. The third kappa shape index (κ3) is 2.27. The summed E-state index contributed by atoms with van der Waals surface area (Å²) in [6.45, 7) is 0.931. The Balaban J connectivity index is 2.01. The number of hydrogen-bond acceptors (Lipinski definition) is 2. The van der Waals surface area contributed by atoms with Gasteiger partial charge in [0.25, 0.3) is 0 Å². The van der Waals surface area contributed by atoms with Crippen molar-refractivity contribution in [1.82, 2.24) is 9.88 Å². The number of hydrogen-bond donors (Lipinski definition) is 2. The van der Waals surface area contributed by atoms with Gasteiger partial charge < -0.3 is 15.0 Å². The average molecular weight is 222 g/mol. The van der Waals surface area contributed by atoms with Crippen molar-refractivity contribution in [3.05, 3.63) is 24.0 Å². The highest BCUT2D eigenvalue weighted by Gasteiger charge is 2.29. The van der Waals surface area contributed by atoms with Crippen LogP contribution < -0.4 is 0 Å². The number of aliphatic hydroxyl groups excluding tert-OH is 1. The van der Waals surface area contributed by atoms with Gasteiger partial charge >= 0.3 is 0 Å². The first-order chi connectivity index (χ1) is 7.83. The third-order valence-electron chi connectivity index (χ3n) is 3.10. The van der Waals surface area contributed by atoms with Crippen molar-refractivity contribution < 1.29 is 9.90 Å². The van der Waals surface area contributed by atoms with Crippen LogP contribution in [0.4, 0.5) is 0 Å². The fraction of sp³-hybridized carbons (Fsp3) is 0.583. The number of aromatic nitrogens is 1. The highest BCUT2D eigenvalue weighted by atomic mass is 16.3. The summed E-state index contributed by atoms with van der Waals surface area (Å²) in [5.41, 5.74) is 1.12. The SMILES string of the molecule is O=C(CCCO)N1CCCC1c1ccc[nH]1. The fourth-order valence-corrected chi connectivity index (χ4v) is 2.31. The molecular weight excluding hydrogens is 204 g/mol. The first-order valence-corrected chi connectivity index (χ1v) is 5.86. The van der Waals surface area contributed by atoms with E-state index in [4.69, 9.17) is 5.11 Å². The van der Waals surface area contributed by atoms with Gasteiger partial charge in [-0.3, -0.25) is 4.79 Å². The molecule has 0 saturated carbocycles. The number of nitrogens with zero attached hydrogens (tertiary/aromatic N) is 1. The van der Waals surface area contributed by atoms with Gasteiger partial charge in [-0.25, -0.2) is 0 Å². The molecule has 0 radical (unpaired) electrons. The molecule has 16 heavy (non-hydrogen) atoms. The zero-order chi connectivity index (χ0) is 11.4. The number of nitrogens with one attached hydrogen (secondary N) is 1. The molecule has 1 fully saturated rings. The van der Waals surface area contributed by atoms with Crippen molar-refractivity contribution in [2.75, 3.05) is 13.2 Å². The number of carbonyl (C=O) groups excluding carboxylic acids is 1. The van der Waals surface area contributed by atoms with E-state index in [-0.39, 0.29) is 18.6 Å². The normalized spacial score (nSPS) is 20.3. The van der Waals surface area contributed by atoms with Crippen molar-refractivity contribution in [1.29, 1.82) is 0 Å². The minimum atomic E-state index is 0.0900. The minimum Gasteiger partial charge on any atom is -0.396 e. The van der Waals surface area contributed by atoms with E-state index in [1.165, 1.54) is 0 Å². The second-order valence-corrected chi connectivity index (χ2v) is 4.20. The molecule has 88 valence electrons. The van der Waals surface area contributed by atoms with Crippen LogP contribution in [-0.2, 0) is 4.79 Å². The van der Waals surface area contributed by atoms with Crippen molar-refractivity contribution >= 4 is 5.91 Å². The van der Waals surface area contributed by atoms with E-state index in [0.29, 0.717) is 12.8 Å². The van der Waals surface area contributed by atoms with E-state index >= 15 is 0 Å². The Labute approximate surface area is 95.3 Å². The van der Waals surface area contributed by atoms with E-state index in [2.05, 4.69) is 4.98 Å². The lowest BCUT2D eigenvalue weighted by atomic mass is 10.1. The van der Waals surface area contributed by atoms with Crippen LogP contribution in [0.25, 0.3) is 0 Å². The number of aliphatic hydroxyl groups is 1. The topological polar surface area (TPSA) is 56.3 Å². The Hall–Kier alpha value is -1.29. The predicted molar refractivity (Wildman–Crippen MR) is 60.8 cm³/mol. The van der Waals surface area contributed by atoms with Gasteiger partial charge in [-0.1, -0.05) is 0 Å². The maximum absolute atomic E-state index is 11.9. The Morgan fingerprint density at radius 3 is 3.19 bits per heavy atom. The first-order valence-electron chi connectivity index (χ1n) is 5.86. The molecule has 1 saturated heterocycles. The Kier molecular flexibility index (Phi) is 3.62. The van der Waals surface area contributed by atoms with Gasteiger partial charge in [0, 0.05) is 31.5 Å². The van der Waals surface area contributed by atoms with E-state index in [1.54, 1.807) is 0 Å². The summed E-state index contributed by atoms with van der Waals surface area (Å²) in [4.78, 5) is 17.0. The Morgan fingerprint density at radius 2 is 2.50 bits per heavy atom. The Morgan fingerprint density at radius 1 is 1.62 bits per heavy atom. The van der Waals surface area contributed by atoms with E-state index in [1.807, 2.05) is 23.2 Å². The van der Waals surface area contributed by atoms with E-state index in [0.717, 1.165) is 25.1 Å². The van der Waals surface area contributed by atoms with Crippen LogP contribution in [-0.4, -0.2) is 34.0 Å². The lowest BCUT2D eigenvalue weighted by molar-refractivity contribution is -0.132. The van der Waals surface area contributed by atoms with Gasteiger partial charge in [0.1, 0.15) is 0 Å². The number of aromatic amines is 1. The van der Waals surface area contributed by atoms with Crippen LogP contribution in [0, 0.1) is 0 Å². The molecular formula is C12H18N2O2. The molecule has 4 nitrogen and oxygen atoms in total. The smallest absolute Gasteiger partial charge is 0.223 e. The molecule has 4 heteroatoms. The van der Waals surface area contributed by atoms with Crippen molar-refractivity contribution in [3.63, 3.8) is 0 Å². The molecule has 2 N–H and O–H groups in total. The zero-order valence-corrected chi connectivity index (χ0v) is 9.35. The molecule has 1 aliphatic heterocycles. The van der Waals surface area contributed by atoms with Gasteiger partial charge in [-0.2, -0.15) is 0 Å². The number of H-pyrrole nitrogens is 1. The summed E-state index contributed by atoms with van der Waals surface area (Å²) in [7, 11) is 0. The predicted octanol–water partition coefficient (Wildman–Crippen LogP) is 1.45. The van der Waals surface area contributed by atoms with Gasteiger partial charge in [0.15, 0.2) is 0 Å². The molecule has 1 unspecified atom stereocenters. The molecule has 1 aliphatic rings. The summed E-state index contributed by atoms with van der Waals surface area (Å²) < 4.78 is 0. The maximum Gasteiger partial charge on any atom is 0.223 e. The highest BCUT2D eigenvalue weighted by molar-refractivity contribution is 5.77. The number of amides is 1. The number of rotatable bonds is 4. The molecule has 1 amide bonds. The summed E-state index contributed by atoms with van der Waals surface area (Å²) in [6, 6.07) is 4.20. The largest absolute Gasteiger partial charge is 0.396 e. The van der Waals surface area contributed by atoms with Crippen molar-refractivity contribution in [2.24, 2.45) is 0 Å². The number of likely N-dealkylation sites (tertiary alicyclic amines) is 1. The van der Waals surface area contributed by atoms with Crippen LogP contribution in [0.3, 0.4) is 0 Å². The second-order valence-electron chi connectivity index (χ2n) is 4.20. The van der Waals surface area contributed by atoms with Gasteiger partial charge in [-0.15, -0.1) is 0 Å². The van der Waals surface area contributed by atoms with Gasteiger partial charge in [0.2, 0.25) is 5.91 Å². The number of carbonyl (C=O) groups is 1. The molecule has 0 aromatic carbocycles. The summed E-state index contributed by atoms with van der Waals surface area (Å²) >= 11 is 0. The molecule has 0 spiro atoms. The Bertz CT molecular complexity index is 335. The molecule has 0 bridgehead atoms. The van der Waals surface area contributed by atoms with Crippen LogP contribution in [0.15, 0.2) is 18.3 Å². The maximum atomic E-state index is 11.9. The van der Waals surface area contributed by atoms with Crippen LogP contribution in [0.5, 0.6) is 0 Å². The second kappa shape index (κ2) is 5.16. The highest BCUT2D eigenvalue weighted by Crippen LogP contribution is 2.31. The average Bonchev–Trinajstić information content (AvgIpc) is 2.94. The van der Waals surface area contributed by atoms with Gasteiger partial charge in [0.05, 0.1) is 6.04 Å². The monoisotopic (exact) mass is 222 g/mol. The van der Waals surface area contributed by atoms with Crippen LogP contribution in [0.2, 0.25) is 0 Å². The lowest BCUT2D eigenvalue weighted by Gasteiger charge is -2.24. The fourth-order valence-electron chi connectivity index (χ4n) is 2.31. The lowest BCUT2D eigenvalue weighted by Crippen LogP contribution is -2.30. The minimum absolute atomic E-state index is 0.0900. The standard InChI is InChI=1S/C12H18N2O2/c15-9-3-6-12(16)14-8-2-5-11(14)10-4-1-7-13-10/h1,4,7,11,13,15H,2-3,5-6,8-9H2. The van der Waals surface area contributed by atoms with Crippen molar-refractivity contribution in [3.8, 4) is 0 Å². The quantitative estimate of drug-likeness (QED) is 0.810. The molecule has 2 rings (SSSR count). The molecule has 1 aromatic heterocycles. The molecule has 0 aliphatic carbocycles. The van der Waals surface area contributed by atoms with E-state index in [9.17, 15) is 4.79 Å². The summed E-state index contributed by atoms with van der Waals surface area (Å²) in [6.07, 6.45) is 5.00. The first kappa shape index (κ1) is 11.2. The van der Waals surface area contributed by atoms with Crippen molar-refractivity contribution in [2.45, 2.75) is 31.7 Å². The van der Waals surface area contributed by atoms with E-state index < -0.39 is 0 Å². The third-order valence-corrected chi connectivity index (χ3v) is 3.10. The zero-order valence-electron chi connectivity index (χ0n) is 9.35. The molecule has 1 aromatic rings. The van der Waals surface area contributed by atoms with Crippen LogP contribution >= 0.6 is 0 Å². The molecule has 2 heterocycles. The summed E-state index contributed by atoms with van der Waals surface area (Å²) in [5.74, 6) is 0.158.